The van der Waals surface area contributed by atoms with E-state index in [0.717, 1.165) is 56.4 Å². The number of para-hydroxylation sites is 1. The van der Waals surface area contributed by atoms with E-state index in [9.17, 15) is 18.0 Å². The normalized spacial score (nSPS) is 26.5. The van der Waals surface area contributed by atoms with Gasteiger partial charge >= 0.3 is 12.5 Å². The number of carbonyl (C=O) groups excluding carboxylic acids is 1. The monoisotopic (exact) mass is 446 g/mol. The Morgan fingerprint density at radius 2 is 1.84 bits per heavy atom. The minimum absolute atomic E-state index is 0.0731. The fourth-order valence-corrected chi connectivity index (χ4v) is 5.20. The molecular formula is C24H25F3N2O3. The number of fused-ring (bicyclic) bond motifs is 4. The maximum Gasteiger partial charge on any atom is 0.573 e. The van der Waals surface area contributed by atoms with Crippen molar-refractivity contribution in [3.8, 4) is 16.9 Å². The van der Waals surface area contributed by atoms with Gasteiger partial charge in [-0.2, -0.15) is 0 Å². The van der Waals surface area contributed by atoms with Crippen molar-refractivity contribution >= 4 is 6.09 Å². The predicted octanol–water partition coefficient (Wildman–Crippen LogP) is 5.06. The first kappa shape index (κ1) is 21.1. The number of nitrogens with one attached hydrogen (secondary N) is 1. The van der Waals surface area contributed by atoms with Crippen LogP contribution in [0.5, 0.6) is 5.75 Å². The van der Waals surface area contributed by atoms with Crippen LogP contribution < -0.4 is 10.1 Å². The van der Waals surface area contributed by atoms with Crippen LogP contribution in [0.1, 0.15) is 36.4 Å². The van der Waals surface area contributed by atoms with Crippen LogP contribution in [0.2, 0.25) is 0 Å². The van der Waals surface area contributed by atoms with E-state index in [1.807, 2.05) is 12.1 Å². The molecular weight excluding hydrogens is 421 g/mol. The first-order chi connectivity index (χ1) is 15.4. The largest absolute Gasteiger partial charge is 0.573 e. The lowest BCUT2D eigenvalue weighted by atomic mass is 9.86. The molecule has 170 valence electrons. The number of rotatable bonds is 4. The molecule has 1 N–H and O–H groups in total. The van der Waals surface area contributed by atoms with E-state index in [2.05, 4.69) is 15.0 Å². The van der Waals surface area contributed by atoms with E-state index in [1.165, 1.54) is 12.1 Å². The Hall–Kier alpha value is -2.74. The molecule has 3 aliphatic heterocycles. The molecule has 3 heterocycles. The molecule has 3 fully saturated rings. The lowest BCUT2D eigenvalue weighted by Crippen LogP contribution is -2.52. The topological polar surface area (TPSA) is 50.8 Å². The molecule has 0 aromatic heterocycles. The van der Waals surface area contributed by atoms with E-state index >= 15 is 0 Å². The van der Waals surface area contributed by atoms with Crippen LogP contribution in [0.25, 0.3) is 11.1 Å². The van der Waals surface area contributed by atoms with Crippen LogP contribution in [0, 0.1) is 5.92 Å². The molecule has 2 atom stereocenters. The Morgan fingerprint density at radius 1 is 1.06 bits per heavy atom. The van der Waals surface area contributed by atoms with Gasteiger partial charge in [-0.05, 0) is 73.5 Å². The second kappa shape index (κ2) is 8.31. The number of carbonyl (C=O) groups is 1. The van der Waals surface area contributed by atoms with Crippen LogP contribution in [0.4, 0.5) is 18.0 Å². The molecule has 6 rings (SSSR count). The Labute approximate surface area is 184 Å². The molecule has 0 saturated carbocycles. The third-order valence-electron chi connectivity index (χ3n) is 6.79. The van der Waals surface area contributed by atoms with Gasteiger partial charge in [0.25, 0.3) is 0 Å². The number of aryl methyl sites for hydroxylation is 1. The third kappa shape index (κ3) is 4.41. The second-order valence-corrected chi connectivity index (χ2v) is 8.77. The summed E-state index contributed by atoms with van der Waals surface area (Å²) < 4.78 is 48.4. The van der Waals surface area contributed by atoms with Gasteiger partial charge < -0.3 is 14.8 Å². The molecule has 1 unspecified atom stereocenters. The fourth-order valence-electron chi connectivity index (χ4n) is 5.20. The molecule has 2 bridgehead atoms. The Morgan fingerprint density at radius 3 is 2.56 bits per heavy atom. The van der Waals surface area contributed by atoms with E-state index < -0.39 is 12.5 Å². The van der Waals surface area contributed by atoms with Crippen molar-refractivity contribution in [3.63, 3.8) is 0 Å². The highest BCUT2D eigenvalue weighted by Gasteiger charge is 2.37. The number of amides is 1. The van der Waals surface area contributed by atoms with Crippen molar-refractivity contribution in [2.45, 2.75) is 44.2 Å². The van der Waals surface area contributed by atoms with Gasteiger partial charge in [-0.25, -0.2) is 4.79 Å². The molecule has 8 heteroatoms. The Balaban J connectivity index is 1.32. The van der Waals surface area contributed by atoms with Crippen LogP contribution in [-0.2, 0) is 11.2 Å². The summed E-state index contributed by atoms with van der Waals surface area (Å²) in [6.45, 7) is 2.94. The van der Waals surface area contributed by atoms with Crippen molar-refractivity contribution in [1.82, 2.24) is 10.2 Å². The van der Waals surface area contributed by atoms with Crippen LogP contribution >= 0.6 is 0 Å². The smallest absolute Gasteiger partial charge is 0.445 e. The Kier molecular flexibility index (Phi) is 5.49. The number of benzene rings is 2. The van der Waals surface area contributed by atoms with Crippen LogP contribution in [0.15, 0.2) is 42.5 Å². The predicted molar refractivity (Wildman–Crippen MR) is 112 cm³/mol. The molecule has 5 nitrogen and oxygen atoms in total. The summed E-state index contributed by atoms with van der Waals surface area (Å²) in [4.78, 5) is 15.0. The molecule has 4 aliphatic rings. The Bertz CT molecular complexity index is 1000. The van der Waals surface area contributed by atoms with Gasteiger partial charge in [0.1, 0.15) is 11.9 Å². The zero-order valence-corrected chi connectivity index (χ0v) is 17.5. The number of piperidine rings is 3. The van der Waals surface area contributed by atoms with Gasteiger partial charge in [-0.3, -0.25) is 4.90 Å². The van der Waals surface area contributed by atoms with Gasteiger partial charge in [0.2, 0.25) is 0 Å². The van der Waals surface area contributed by atoms with Gasteiger partial charge in [-0.15, -0.1) is 13.2 Å². The van der Waals surface area contributed by atoms with E-state index in [1.54, 1.807) is 18.2 Å². The minimum atomic E-state index is -4.77. The second-order valence-electron chi connectivity index (χ2n) is 8.77. The number of alkyl halides is 3. The lowest BCUT2D eigenvalue weighted by molar-refractivity contribution is -0.274. The summed E-state index contributed by atoms with van der Waals surface area (Å²) in [5, 5.41) is 2.98. The van der Waals surface area contributed by atoms with Crippen molar-refractivity contribution < 1.29 is 27.4 Å². The lowest BCUT2D eigenvalue weighted by Gasteiger charge is -2.43. The van der Waals surface area contributed by atoms with Gasteiger partial charge in [0, 0.05) is 12.1 Å². The van der Waals surface area contributed by atoms with Crippen molar-refractivity contribution in [1.29, 1.82) is 0 Å². The average Bonchev–Trinajstić information content (AvgIpc) is 3.16. The molecule has 0 spiro atoms. The van der Waals surface area contributed by atoms with E-state index in [4.69, 9.17) is 4.74 Å². The SMILES string of the molecule is O=C(NC1CCc2ccc(-c3ccccc3OC(F)(F)F)cc21)O[C@H]1CN2CCC1CC2. The van der Waals surface area contributed by atoms with Crippen LogP contribution in [-0.4, -0.2) is 43.1 Å². The number of hydrogen-bond acceptors (Lipinski definition) is 4. The first-order valence-corrected chi connectivity index (χ1v) is 11.0. The third-order valence-corrected chi connectivity index (χ3v) is 6.79. The first-order valence-electron chi connectivity index (χ1n) is 11.0. The van der Waals surface area contributed by atoms with Crippen LogP contribution in [0.3, 0.4) is 0 Å². The van der Waals surface area contributed by atoms with Crippen molar-refractivity contribution in [2.75, 3.05) is 19.6 Å². The quantitative estimate of drug-likeness (QED) is 0.713. The number of halogens is 3. The molecule has 0 radical (unpaired) electrons. The molecule has 1 aliphatic carbocycles. The standard InChI is InChI=1S/C24H25F3N2O3/c25-24(26,27)32-21-4-2-1-3-18(21)17-6-5-15-7-8-20(19(15)13-17)28-23(30)31-22-14-29-11-9-16(22)10-12-29/h1-6,13,16,20,22H,7-12,14H2,(H,28,30)/t20?,22-/m0/s1. The summed E-state index contributed by atoms with van der Waals surface area (Å²) in [6.07, 6.45) is -1.62. The molecule has 32 heavy (non-hydrogen) atoms. The fraction of sp³-hybridized carbons (Fsp3) is 0.458. The summed E-state index contributed by atoms with van der Waals surface area (Å²) in [5.74, 6) is 0.183. The van der Waals surface area contributed by atoms with Gasteiger partial charge in [-0.1, -0.05) is 30.3 Å². The van der Waals surface area contributed by atoms with E-state index in [0.29, 0.717) is 17.0 Å². The zero-order valence-electron chi connectivity index (χ0n) is 17.5. The zero-order chi connectivity index (χ0) is 22.3. The van der Waals surface area contributed by atoms with E-state index in [-0.39, 0.29) is 17.9 Å². The summed E-state index contributed by atoms with van der Waals surface area (Å²) in [7, 11) is 0. The average molecular weight is 446 g/mol. The molecule has 1 amide bonds. The van der Waals surface area contributed by atoms with Gasteiger partial charge in [0.15, 0.2) is 0 Å². The summed E-state index contributed by atoms with van der Waals surface area (Å²) in [6, 6.07) is 11.4. The molecule has 3 saturated heterocycles. The van der Waals surface area contributed by atoms with Gasteiger partial charge in [0.05, 0.1) is 6.04 Å². The maximum absolute atomic E-state index is 12.8. The summed E-state index contributed by atoms with van der Waals surface area (Å²) in [5.41, 5.74) is 2.96. The van der Waals surface area contributed by atoms with Crippen molar-refractivity contribution in [3.05, 3.63) is 53.6 Å². The number of ether oxygens (including phenoxy) is 2. The highest BCUT2D eigenvalue weighted by Crippen LogP contribution is 2.39. The number of nitrogens with zero attached hydrogens (tertiary/aromatic N) is 1. The molecule has 2 aromatic rings. The highest BCUT2D eigenvalue weighted by molar-refractivity contribution is 5.73. The highest BCUT2D eigenvalue weighted by atomic mass is 19.4. The molecule has 2 aromatic carbocycles. The summed E-state index contributed by atoms with van der Waals surface area (Å²) >= 11 is 0. The number of alkyl carbamates (subject to hydrolysis) is 1. The van der Waals surface area contributed by atoms with Crippen molar-refractivity contribution in [2.24, 2.45) is 5.92 Å². The number of hydrogen-bond donors (Lipinski definition) is 1. The maximum atomic E-state index is 12.8. The minimum Gasteiger partial charge on any atom is -0.445 e.